The average molecular weight is 307 g/mol. The summed E-state index contributed by atoms with van der Waals surface area (Å²) >= 11 is 0. The van der Waals surface area contributed by atoms with Crippen molar-refractivity contribution < 1.29 is 9.53 Å². The van der Waals surface area contributed by atoms with Crippen LogP contribution in [0.25, 0.3) is 0 Å². The SMILES string of the molecule is CC(C)c1ccc(C#N)cc1C(C)C(=O)OCc1ccccc1. The number of nitrogens with zero attached hydrogens (tertiary/aromatic N) is 1. The molecule has 0 heterocycles. The number of rotatable bonds is 5. The summed E-state index contributed by atoms with van der Waals surface area (Å²) in [6, 6.07) is 17.3. The van der Waals surface area contributed by atoms with Crippen LogP contribution in [0.15, 0.2) is 48.5 Å². The molecule has 0 fully saturated rings. The number of nitriles is 1. The Balaban J connectivity index is 2.17. The van der Waals surface area contributed by atoms with Gasteiger partial charge in [0.1, 0.15) is 6.61 Å². The third-order valence-electron chi connectivity index (χ3n) is 3.88. The van der Waals surface area contributed by atoms with E-state index in [1.807, 2.05) is 43.3 Å². The molecule has 0 saturated heterocycles. The molecule has 0 aliphatic rings. The molecule has 3 nitrogen and oxygen atoms in total. The zero-order valence-electron chi connectivity index (χ0n) is 13.7. The lowest BCUT2D eigenvalue weighted by atomic mass is 9.88. The van der Waals surface area contributed by atoms with Crippen LogP contribution in [0.5, 0.6) is 0 Å². The Hall–Kier alpha value is -2.60. The molecule has 23 heavy (non-hydrogen) atoms. The molecule has 0 spiro atoms. The van der Waals surface area contributed by atoms with E-state index in [2.05, 4.69) is 19.9 Å². The Bertz CT molecular complexity index is 714. The van der Waals surface area contributed by atoms with Crippen LogP contribution < -0.4 is 0 Å². The molecule has 0 radical (unpaired) electrons. The third kappa shape index (κ3) is 4.20. The number of esters is 1. The third-order valence-corrected chi connectivity index (χ3v) is 3.88. The first kappa shape index (κ1) is 16.8. The highest BCUT2D eigenvalue weighted by molar-refractivity contribution is 5.78. The first-order valence-electron chi connectivity index (χ1n) is 7.77. The number of carbonyl (C=O) groups excluding carboxylic acids is 1. The molecule has 0 amide bonds. The van der Waals surface area contributed by atoms with Crippen LogP contribution in [0, 0.1) is 11.3 Å². The highest BCUT2D eigenvalue weighted by Crippen LogP contribution is 2.28. The Kier molecular flexibility index (Phi) is 5.54. The van der Waals surface area contributed by atoms with Crippen LogP contribution in [0.2, 0.25) is 0 Å². The van der Waals surface area contributed by atoms with Crippen molar-refractivity contribution in [1.29, 1.82) is 5.26 Å². The maximum Gasteiger partial charge on any atom is 0.313 e. The second-order valence-corrected chi connectivity index (χ2v) is 5.93. The van der Waals surface area contributed by atoms with Crippen LogP contribution in [-0.2, 0) is 16.1 Å². The molecule has 1 unspecified atom stereocenters. The van der Waals surface area contributed by atoms with Gasteiger partial charge in [0.25, 0.3) is 0 Å². The standard InChI is InChI=1S/C20H21NO2/c1-14(2)18-10-9-17(12-21)11-19(18)15(3)20(22)23-13-16-7-5-4-6-8-16/h4-11,14-15H,13H2,1-3H3. The van der Waals surface area contributed by atoms with Gasteiger partial charge in [-0.3, -0.25) is 4.79 Å². The van der Waals surface area contributed by atoms with Crippen molar-refractivity contribution >= 4 is 5.97 Å². The summed E-state index contributed by atoms with van der Waals surface area (Å²) < 4.78 is 5.43. The minimum Gasteiger partial charge on any atom is -0.460 e. The van der Waals surface area contributed by atoms with Crippen molar-refractivity contribution in [2.75, 3.05) is 0 Å². The fourth-order valence-corrected chi connectivity index (χ4v) is 2.53. The van der Waals surface area contributed by atoms with Gasteiger partial charge in [-0.25, -0.2) is 0 Å². The quantitative estimate of drug-likeness (QED) is 0.763. The summed E-state index contributed by atoms with van der Waals surface area (Å²) in [6.45, 7) is 6.24. The second-order valence-electron chi connectivity index (χ2n) is 5.93. The highest BCUT2D eigenvalue weighted by atomic mass is 16.5. The van der Waals surface area contributed by atoms with Crippen LogP contribution in [0.3, 0.4) is 0 Å². The molecular weight excluding hydrogens is 286 g/mol. The van der Waals surface area contributed by atoms with Crippen molar-refractivity contribution in [1.82, 2.24) is 0 Å². The molecule has 0 aliphatic heterocycles. The highest BCUT2D eigenvalue weighted by Gasteiger charge is 2.21. The van der Waals surface area contributed by atoms with E-state index in [4.69, 9.17) is 10.00 Å². The van der Waals surface area contributed by atoms with Gasteiger partial charge in [0.2, 0.25) is 0 Å². The van der Waals surface area contributed by atoms with Gasteiger partial charge in [-0.05, 0) is 41.7 Å². The van der Waals surface area contributed by atoms with Gasteiger partial charge in [0.15, 0.2) is 0 Å². The van der Waals surface area contributed by atoms with Crippen molar-refractivity contribution in [3.05, 3.63) is 70.8 Å². The number of hydrogen-bond acceptors (Lipinski definition) is 3. The Labute approximate surface area is 137 Å². The maximum atomic E-state index is 12.4. The Morgan fingerprint density at radius 3 is 2.39 bits per heavy atom. The lowest BCUT2D eigenvalue weighted by Gasteiger charge is -2.18. The van der Waals surface area contributed by atoms with E-state index < -0.39 is 5.92 Å². The average Bonchev–Trinajstić information content (AvgIpc) is 2.59. The number of carbonyl (C=O) groups is 1. The summed E-state index contributed by atoms with van der Waals surface area (Å²) in [7, 11) is 0. The molecule has 2 aromatic rings. The zero-order valence-corrected chi connectivity index (χ0v) is 13.7. The van der Waals surface area contributed by atoms with Crippen molar-refractivity contribution in [3.63, 3.8) is 0 Å². The fourth-order valence-electron chi connectivity index (χ4n) is 2.53. The Morgan fingerprint density at radius 2 is 1.78 bits per heavy atom. The van der Waals surface area contributed by atoms with Crippen LogP contribution >= 0.6 is 0 Å². The van der Waals surface area contributed by atoms with E-state index in [0.29, 0.717) is 5.56 Å². The molecule has 0 bridgehead atoms. The molecule has 0 aliphatic carbocycles. The van der Waals surface area contributed by atoms with Gasteiger partial charge >= 0.3 is 5.97 Å². The maximum absolute atomic E-state index is 12.4. The largest absolute Gasteiger partial charge is 0.460 e. The Morgan fingerprint density at radius 1 is 1.09 bits per heavy atom. The van der Waals surface area contributed by atoms with Crippen molar-refractivity contribution in [2.45, 2.75) is 39.2 Å². The van der Waals surface area contributed by atoms with E-state index in [0.717, 1.165) is 16.7 Å². The lowest BCUT2D eigenvalue weighted by molar-refractivity contribution is -0.146. The minimum absolute atomic E-state index is 0.263. The monoisotopic (exact) mass is 307 g/mol. The van der Waals surface area contributed by atoms with Gasteiger partial charge in [-0.1, -0.05) is 50.2 Å². The second kappa shape index (κ2) is 7.60. The van der Waals surface area contributed by atoms with Crippen LogP contribution in [0.4, 0.5) is 0 Å². The van der Waals surface area contributed by atoms with E-state index in [-0.39, 0.29) is 18.5 Å². The number of ether oxygens (including phenoxy) is 1. The first-order chi connectivity index (χ1) is 11.0. The summed E-state index contributed by atoms with van der Waals surface area (Å²) in [5.74, 6) is -0.391. The molecule has 2 aromatic carbocycles. The lowest BCUT2D eigenvalue weighted by Crippen LogP contribution is -2.15. The van der Waals surface area contributed by atoms with Crippen molar-refractivity contribution in [2.24, 2.45) is 0 Å². The van der Waals surface area contributed by atoms with Gasteiger partial charge in [-0.2, -0.15) is 5.26 Å². The van der Waals surface area contributed by atoms with E-state index in [9.17, 15) is 4.79 Å². The molecular formula is C20H21NO2. The first-order valence-corrected chi connectivity index (χ1v) is 7.77. The summed E-state index contributed by atoms with van der Waals surface area (Å²) in [5, 5.41) is 9.10. The predicted octanol–water partition coefficient (Wildman–Crippen LogP) is 4.53. The number of hydrogen-bond donors (Lipinski definition) is 0. The van der Waals surface area contributed by atoms with Gasteiger partial charge in [0, 0.05) is 0 Å². The fraction of sp³-hybridized carbons (Fsp3) is 0.300. The predicted molar refractivity (Wildman–Crippen MR) is 89.9 cm³/mol. The van der Waals surface area contributed by atoms with Gasteiger partial charge in [0.05, 0.1) is 17.6 Å². The minimum atomic E-state index is -0.399. The van der Waals surface area contributed by atoms with Gasteiger partial charge < -0.3 is 4.74 Å². The van der Waals surface area contributed by atoms with E-state index in [1.54, 1.807) is 12.1 Å². The molecule has 118 valence electrons. The smallest absolute Gasteiger partial charge is 0.313 e. The molecule has 1 atom stereocenters. The summed E-state index contributed by atoms with van der Waals surface area (Å²) in [5.41, 5.74) is 3.47. The normalized spacial score (nSPS) is 11.8. The van der Waals surface area contributed by atoms with Gasteiger partial charge in [-0.15, -0.1) is 0 Å². The van der Waals surface area contributed by atoms with Crippen molar-refractivity contribution in [3.8, 4) is 6.07 Å². The molecule has 0 saturated carbocycles. The van der Waals surface area contributed by atoms with Crippen LogP contribution in [0.1, 0.15) is 54.9 Å². The summed E-state index contributed by atoms with van der Waals surface area (Å²) in [6.07, 6.45) is 0. The zero-order chi connectivity index (χ0) is 16.8. The molecule has 3 heteroatoms. The van der Waals surface area contributed by atoms with Crippen LogP contribution in [-0.4, -0.2) is 5.97 Å². The topological polar surface area (TPSA) is 50.1 Å². The molecule has 0 aromatic heterocycles. The van der Waals surface area contributed by atoms with E-state index >= 15 is 0 Å². The molecule has 0 N–H and O–H groups in total. The molecule has 2 rings (SSSR count). The van der Waals surface area contributed by atoms with E-state index in [1.165, 1.54) is 0 Å². The summed E-state index contributed by atoms with van der Waals surface area (Å²) in [4.78, 5) is 12.4. The number of benzene rings is 2.